The highest BCUT2D eigenvalue weighted by molar-refractivity contribution is 5.97. The largest absolute Gasteiger partial charge is 0.370 e. The van der Waals surface area contributed by atoms with E-state index >= 15 is 0 Å². The summed E-state index contributed by atoms with van der Waals surface area (Å²) in [6, 6.07) is 15.3. The quantitative estimate of drug-likeness (QED) is 0.536. The molecule has 4 N–H and O–H groups in total. The summed E-state index contributed by atoms with van der Waals surface area (Å²) < 4.78 is 0. The number of nitrogens with two attached hydrogens (primary N) is 1. The summed E-state index contributed by atoms with van der Waals surface area (Å²) >= 11 is 0. The number of benzene rings is 2. The van der Waals surface area contributed by atoms with E-state index in [0.717, 1.165) is 11.3 Å². The first-order valence-corrected chi connectivity index (χ1v) is 9.74. The van der Waals surface area contributed by atoms with E-state index in [1.165, 1.54) is 5.56 Å². The van der Waals surface area contributed by atoms with Crippen LogP contribution >= 0.6 is 0 Å². The molecule has 29 heavy (non-hydrogen) atoms. The summed E-state index contributed by atoms with van der Waals surface area (Å²) in [5, 5.41) is 5.83. The number of hydrogen-bond donors (Lipinski definition) is 3. The molecule has 2 amide bonds. The van der Waals surface area contributed by atoms with Crippen LogP contribution in [0.1, 0.15) is 41.3 Å². The van der Waals surface area contributed by atoms with Gasteiger partial charge in [-0.05, 0) is 41.3 Å². The molecule has 7 nitrogen and oxygen atoms in total. The molecule has 152 valence electrons. The zero-order valence-electron chi connectivity index (χ0n) is 16.8. The maximum absolute atomic E-state index is 12.5. The molecule has 0 atom stereocenters. The van der Waals surface area contributed by atoms with Crippen LogP contribution in [0.5, 0.6) is 0 Å². The first kappa shape index (κ1) is 20.4. The number of amides is 2. The Balaban J connectivity index is 1.58. The minimum atomic E-state index is -0.138. The minimum absolute atomic E-state index is 0.102. The Hall–Kier alpha value is -3.35. The predicted molar refractivity (Wildman–Crippen MR) is 115 cm³/mol. The number of rotatable bonds is 5. The first-order chi connectivity index (χ1) is 13.9. The summed E-state index contributed by atoms with van der Waals surface area (Å²) in [5.41, 5.74) is 9.65. The van der Waals surface area contributed by atoms with Crippen molar-refractivity contribution >= 4 is 23.5 Å². The van der Waals surface area contributed by atoms with Crippen molar-refractivity contribution < 1.29 is 9.59 Å². The number of hydrogen-bond acceptors (Lipinski definition) is 3. The van der Waals surface area contributed by atoms with Crippen molar-refractivity contribution in [2.75, 3.05) is 25.0 Å². The van der Waals surface area contributed by atoms with Crippen LogP contribution in [0, 0.1) is 0 Å². The molecule has 0 radical (unpaired) electrons. The highest BCUT2D eigenvalue weighted by atomic mass is 16.2. The molecular weight excluding hydrogens is 366 g/mol. The standard InChI is InChI=1S/C22H27N5O2/c1-15(2)18-4-3-5-19(12-18)26-22(23)25-13-16-6-8-17(9-7-16)21(29)27-11-10-24-20(28)14-27/h3-9,12,15H,10-11,13-14H2,1-2H3,(H,24,28)(H3,23,25,26). The number of guanidine groups is 1. The fourth-order valence-corrected chi connectivity index (χ4v) is 3.09. The van der Waals surface area contributed by atoms with Crippen LogP contribution in [0.2, 0.25) is 0 Å². The SMILES string of the molecule is CC(C)c1cccc(NC(N)=NCc2ccc(C(=O)N3CCNC(=O)C3)cc2)c1. The van der Waals surface area contributed by atoms with Crippen molar-refractivity contribution in [1.82, 2.24) is 10.2 Å². The van der Waals surface area contributed by atoms with Crippen LogP contribution < -0.4 is 16.4 Å². The Morgan fingerprint density at radius 3 is 2.69 bits per heavy atom. The van der Waals surface area contributed by atoms with Gasteiger partial charge in [-0.1, -0.05) is 38.1 Å². The molecule has 1 saturated heterocycles. The van der Waals surface area contributed by atoms with E-state index in [-0.39, 0.29) is 18.4 Å². The fourth-order valence-electron chi connectivity index (χ4n) is 3.09. The van der Waals surface area contributed by atoms with Crippen molar-refractivity contribution in [3.05, 3.63) is 65.2 Å². The number of anilines is 1. The molecule has 1 fully saturated rings. The van der Waals surface area contributed by atoms with Crippen molar-refractivity contribution in [1.29, 1.82) is 0 Å². The zero-order valence-corrected chi connectivity index (χ0v) is 16.8. The van der Waals surface area contributed by atoms with Crippen molar-refractivity contribution in [2.45, 2.75) is 26.3 Å². The van der Waals surface area contributed by atoms with E-state index in [1.54, 1.807) is 17.0 Å². The Morgan fingerprint density at radius 1 is 1.24 bits per heavy atom. The Labute approximate surface area is 171 Å². The third-order valence-corrected chi connectivity index (χ3v) is 4.78. The lowest BCUT2D eigenvalue weighted by atomic mass is 10.0. The molecule has 1 aliphatic heterocycles. The van der Waals surface area contributed by atoms with E-state index in [0.29, 0.717) is 37.1 Å². The normalized spacial score (nSPS) is 14.7. The molecule has 0 aromatic heterocycles. The van der Waals surface area contributed by atoms with Gasteiger partial charge in [0.05, 0.1) is 13.1 Å². The Kier molecular flexibility index (Phi) is 6.49. The van der Waals surface area contributed by atoms with Gasteiger partial charge in [0.1, 0.15) is 0 Å². The molecule has 1 aliphatic rings. The van der Waals surface area contributed by atoms with Crippen LogP contribution in [0.25, 0.3) is 0 Å². The molecular formula is C22H27N5O2. The monoisotopic (exact) mass is 393 g/mol. The summed E-state index contributed by atoms with van der Waals surface area (Å²) in [6.07, 6.45) is 0. The minimum Gasteiger partial charge on any atom is -0.370 e. The van der Waals surface area contributed by atoms with E-state index in [1.807, 2.05) is 24.3 Å². The van der Waals surface area contributed by atoms with Gasteiger partial charge in [-0.15, -0.1) is 0 Å². The maximum atomic E-state index is 12.5. The fraction of sp³-hybridized carbons (Fsp3) is 0.318. The van der Waals surface area contributed by atoms with Gasteiger partial charge < -0.3 is 21.3 Å². The molecule has 0 bridgehead atoms. The van der Waals surface area contributed by atoms with Crippen molar-refractivity contribution in [3.8, 4) is 0 Å². The Bertz CT molecular complexity index is 906. The van der Waals surface area contributed by atoms with Gasteiger partial charge in [0, 0.05) is 24.3 Å². The number of aliphatic imine (C=N–C) groups is 1. The second kappa shape index (κ2) is 9.23. The van der Waals surface area contributed by atoms with E-state index in [4.69, 9.17) is 5.73 Å². The van der Waals surface area contributed by atoms with Gasteiger partial charge in [-0.3, -0.25) is 9.59 Å². The van der Waals surface area contributed by atoms with E-state index in [2.05, 4.69) is 41.6 Å². The molecule has 0 saturated carbocycles. The number of carbonyl (C=O) groups excluding carboxylic acids is 2. The highest BCUT2D eigenvalue weighted by Crippen LogP contribution is 2.18. The maximum Gasteiger partial charge on any atom is 0.254 e. The van der Waals surface area contributed by atoms with E-state index in [9.17, 15) is 9.59 Å². The molecule has 7 heteroatoms. The molecule has 0 unspecified atom stereocenters. The number of carbonyl (C=O) groups is 2. The average Bonchev–Trinajstić information content (AvgIpc) is 2.72. The van der Waals surface area contributed by atoms with Gasteiger partial charge in [-0.2, -0.15) is 0 Å². The van der Waals surface area contributed by atoms with Crippen molar-refractivity contribution in [2.24, 2.45) is 10.7 Å². The molecule has 3 rings (SSSR count). The number of piperazine rings is 1. The topological polar surface area (TPSA) is 99.8 Å². The van der Waals surface area contributed by atoms with Gasteiger partial charge in [-0.25, -0.2) is 4.99 Å². The number of nitrogens with one attached hydrogen (secondary N) is 2. The summed E-state index contributed by atoms with van der Waals surface area (Å²) in [6.45, 7) is 5.81. The molecule has 0 aliphatic carbocycles. The second-order valence-electron chi connectivity index (χ2n) is 7.38. The summed E-state index contributed by atoms with van der Waals surface area (Å²) in [5.74, 6) is 0.513. The lowest BCUT2D eigenvalue weighted by molar-refractivity contribution is -0.123. The molecule has 2 aromatic rings. The molecule has 2 aromatic carbocycles. The van der Waals surface area contributed by atoms with Crippen LogP contribution in [0.4, 0.5) is 5.69 Å². The van der Waals surface area contributed by atoms with Gasteiger partial charge >= 0.3 is 0 Å². The lowest BCUT2D eigenvalue weighted by Gasteiger charge is -2.26. The zero-order chi connectivity index (χ0) is 20.8. The Morgan fingerprint density at radius 2 is 2.00 bits per heavy atom. The molecule has 0 spiro atoms. The smallest absolute Gasteiger partial charge is 0.254 e. The van der Waals surface area contributed by atoms with Gasteiger partial charge in [0.15, 0.2) is 5.96 Å². The lowest BCUT2D eigenvalue weighted by Crippen LogP contribution is -2.49. The second-order valence-corrected chi connectivity index (χ2v) is 7.38. The number of nitrogens with zero attached hydrogens (tertiary/aromatic N) is 2. The third kappa shape index (κ3) is 5.57. The summed E-state index contributed by atoms with van der Waals surface area (Å²) in [7, 11) is 0. The van der Waals surface area contributed by atoms with Crippen LogP contribution in [-0.4, -0.2) is 42.3 Å². The van der Waals surface area contributed by atoms with Crippen LogP contribution in [-0.2, 0) is 11.3 Å². The van der Waals surface area contributed by atoms with Crippen LogP contribution in [0.3, 0.4) is 0 Å². The van der Waals surface area contributed by atoms with E-state index < -0.39 is 0 Å². The average molecular weight is 393 g/mol. The van der Waals surface area contributed by atoms with Gasteiger partial charge in [0.2, 0.25) is 5.91 Å². The first-order valence-electron chi connectivity index (χ1n) is 9.74. The predicted octanol–water partition coefficient (Wildman–Crippen LogP) is 2.31. The van der Waals surface area contributed by atoms with Crippen molar-refractivity contribution in [3.63, 3.8) is 0 Å². The van der Waals surface area contributed by atoms with Gasteiger partial charge in [0.25, 0.3) is 5.91 Å². The van der Waals surface area contributed by atoms with Crippen LogP contribution in [0.15, 0.2) is 53.5 Å². The highest BCUT2D eigenvalue weighted by Gasteiger charge is 2.22. The molecule has 1 heterocycles. The summed E-state index contributed by atoms with van der Waals surface area (Å²) in [4.78, 5) is 29.9. The third-order valence-electron chi connectivity index (χ3n) is 4.78.